The molecule has 104 valence electrons. The first-order valence-corrected chi connectivity index (χ1v) is 7.05. The quantitative estimate of drug-likeness (QED) is 0.610. The second kappa shape index (κ2) is 6.85. The van der Waals surface area contributed by atoms with Gasteiger partial charge in [0.15, 0.2) is 0 Å². The van der Waals surface area contributed by atoms with Gasteiger partial charge in [0.05, 0.1) is 11.3 Å². The van der Waals surface area contributed by atoms with E-state index in [0.29, 0.717) is 16.9 Å². The molecule has 0 atom stereocenters. The van der Waals surface area contributed by atoms with Crippen molar-refractivity contribution < 1.29 is 9.59 Å². The van der Waals surface area contributed by atoms with Crippen molar-refractivity contribution in [3.8, 4) is 6.07 Å². The number of hydrogen-bond acceptors (Lipinski definition) is 3. The summed E-state index contributed by atoms with van der Waals surface area (Å²) in [5.74, 6) is -1.61. The summed E-state index contributed by atoms with van der Waals surface area (Å²) in [7, 11) is 0. The Bertz CT molecular complexity index is 720. The van der Waals surface area contributed by atoms with Gasteiger partial charge in [-0.3, -0.25) is 9.59 Å². The molecule has 2 aromatic rings. The third-order valence-corrected chi connectivity index (χ3v) is 3.32. The number of nitrogens with one attached hydrogen (secondary N) is 2. The Labute approximate surface area is 135 Å². The van der Waals surface area contributed by atoms with E-state index in [9.17, 15) is 9.59 Å². The molecule has 0 aliphatic heterocycles. The van der Waals surface area contributed by atoms with E-state index >= 15 is 0 Å². The highest BCUT2D eigenvalue weighted by Crippen LogP contribution is 2.14. The van der Waals surface area contributed by atoms with E-state index in [1.165, 1.54) is 0 Å². The number of carbonyl (C=O) groups excluding carboxylic acids is 2. The van der Waals surface area contributed by atoms with E-state index in [4.69, 9.17) is 5.26 Å². The summed E-state index contributed by atoms with van der Waals surface area (Å²) in [4.78, 5) is 23.6. The number of amides is 2. The molecular weight excluding hydrogens is 381 g/mol. The van der Waals surface area contributed by atoms with Crippen LogP contribution in [0.2, 0.25) is 0 Å². The number of anilines is 2. The summed E-state index contributed by atoms with van der Waals surface area (Å²) in [6.07, 6.45) is 0. The van der Waals surface area contributed by atoms with Crippen molar-refractivity contribution in [2.75, 3.05) is 10.6 Å². The molecule has 0 heterocycles. The lowest BCUT2D eigenvalue weighted by Gasteiger charge is -2.07. The zero-order chi connectivity index (χ0) is 15.2. The van der Waals surface area contributed by atoms with Crippen molar-refractivity contribution in [1.29, 1.82) is 5.26 Å². The van der Waals surface area contributed by atoms with E-state index in [1.54, 1.807) is 36.4 Å². The average Bonchev–Trinajstić information content (AvgIpc) is 2.50. The number of nitrogens with zero attached hydrogens (tertiary/aromatic N) is 1. The molecule has 2 aromatic carbocycles. The van der Waals surface area contributed by atoms with Crippen molar-refractivity contribution in [3.63, 3.8) is 0 Å². The number of rotatable bonds is 2. The Morgan fingerprint density at radius 2 is 1.57 bits per heavy atom. The van der Waals surface area contributed by atoms with Crippen LogP contribution in [-0.4, -0.2) is 11.8 Å². The van der Waals surface area contributed by atoms with Gasteiger partial charge in [0.25, 0.3) is 0 Å². The lowest BCUT2D eigenvalue weighted by Crippen LogP contribution is -2.29. The minimum absolute atomic E-state index is 0.299. The van der Waals surface area contributed by atoms with Gasteiger partial charge in [0.1, 0.15) is 6.07 Å². The minimum atomic E-state index is -0.823. The standard InChI is InChI=1S/C15H10IN3O2/c16-11-5-7-12(8-6-11)18-14(20)15(21)19-13-4-2-1-3-10(13)9-17/h1-8H,(H,18,20)(H,19,21). The fraction of sp³-hybridized carbons (Fsp3) is 0. The Morgan fingerprint density at radius 1 is 0.952 bits per heavy atom. The van der Waals surface area contributed by atoms with Crippen molar-refractivity contribution in [3.05, 3.63) is 57.7 Å². The van der Waals surface area contributed by atoms with Gasteiger partial charge in [-0.15, -0.1) is 0 Å². The normalized spacial score (nSPS) is 9.52. The molecule has 6 heteroatoms. The molecule has 0 aliphatic rings. The largest absolute Gasteiger partial charge is 0.318 e. The molecule has 0 spiro atoms. The maximum absolute atomic E-state index is 11.8. The molecule has 0 aliphatic carbocycles. The lowest BCUT2D eigenvalue weighted by atomic mass is 10.2. The van der Waals surface area contributed by atoms with Crippen LogP contribution in [0.4, 0.5) is 11.4 Å². The molecule has 0 unspecified atom stereocenters. The van der Waals surface area contributed by atoms with Gasteiger partial charge in [-0.1, -0.05) is 12.1 Å². The molecule has 0 saturated carbocycles. The molecule has 0 aromatic heterocycles. The van der Waals surface area contributed by atoms with Crippen LogP contribution in [-0.2, 0) is 9.59 Å². The predicted molar refractivity (Wildman–Crippen MR) is 87.6 cm³/mol. The maximum atomic E-state index is 11.8. The van der Waals surface area contributed by atoms with E-state index < -0.39 is 11.8 Å². The van der Waals surface area contributed by atoms with Gasteiger partial charge >= 0.3 is 11.8 Å². The number of nitriles is 1. The second-order valence-electron chi connectivity index (χ2n) is 4.07. The van der Waals surface area contributed by atoms with Crippen LogP contribution in [0.3, 0.4) is 0 Å². The highest BCUT2D eigenvalue weighted by atomic mass is 127. The summed E-state index contributed by atoms with van der Waals surface area (Å²) in [5, 5.41) is 13.8. The summed E-state index contributed by atoms with van der Waals surface area (Å²) in [6.45, 7) is 0. The Balaban J connectivity index is 2.05. The maximum Gasteiger partial charge on any atom is 0.314 e. The number of benzene rings is 2. The van der Waals surface area contributed by atoms with Crippen molar-refractivity contribution in [2.45, 2.75) is 0 Å². The summed E-state index contributed by atoms with van der Waals surface area (Å²) < 4.78 is 1.03. The highest BCUT2D eigenvalue weighted by molar-refractivity contribution is 14.1. The summed E-state index contributed by atoms with van der Waals surface area (Å²) in [5.41, 5.74) is 1.14. The number of carbonyl (C=O) groups is 2. The molecule has 2 amide bonds. The van der Waals surface area contributed by atoms with E-state index in [0.717, 1.165) is 3.57 Å². The second-order valence-corrected chi connectivity index (χ2v) is 5.32. The van der Waals surface area contributed by atoms with E-state index in [2.05, 4.69) is 33.2 Å². The fourth-order valence-corrected chi connectivity index (χ4v) is 1.95. The molecule has 5 nitrogen and oxygen atoms in total. The van der Waals surface area contributed by atoms with Gasteiger partial charge in [0.2, 0.25) is 0 Å². The SMILES string of the molecule is N#Cc1ccccc1NC(=O)C(=O)Nc1ccc(I)cc1. The molecule has 0 fully saturated rings. The molecule has 2 N–H and O–H groups in total. The van der Waals surface area contributed by atoms with Crippen LogP contribution in [0.1, 0.15) is 5.56 Å². The van der Waals surface area contributed by atoms with Gasteiger partial charge < -0.3 is 10.6 Å². The van der Waals surface area contributed by atoms with Crippen molar-refractivity contribution in [1.82, 2.24) is 0 Å². The van der Waals surface area contributed by atoms with E-state index in [1.807, 2.05) is 18.2 Å². The fourth-order valence-electron chi connectivity index (χ4n) is 1.59. The first-order chi connectivity index (χ1) is 10.1. The minimum Gasteiger partial charge on any atom is -0.318 e. The number of halogens is 1. The Hall–Kier alpha value is -2.40. The summed E-state index contributed by atoms with van der Waals surface area (Å²) >= 11 is 2.14. The molecule has 2 rings (SSSR count). The molecule has 0 bridgehead atoms. The highest BCUT2D eigenvalue weighted by Gasteiger charge is 2.15. The van der Waals surface area contributed by atoms with Crippen LogP contribution in [0.25, 0.3) is 0 Å². The third kappa shape index (κ3) is 4.03. The van der Waals surface area contributed by atoms with Crippen molar-refractivity contribution >= 4 is 45.8 Å². The number of hydrogen-bond donors (Lipinski definition) is 2. The van der Waals surface area contributed by atoms with E-state index in [-0.39, 0.29) is 0 Å². The van der Waals surface area contributed by atoms with Gasteiger partial charge in [0, 0.05) is 9.26 Å². The molecule has 0 radical (unpaired) electrons. The predicted octanol–water partition coefficient (Wildman–Crippen LogP) is 2.74. The molecule has 0 saturated heterocycles. The monoisotopic (exact) mass is 391 g/mol. The first kappa shape index (κ1) is 15.0. The van der Waals surface area contributed by atoms with Gasteiger partial charge in [-0.25, -0.2) is 0 Å². The zero-order valence-corrected chi connectivity index (χ0v) is 12.9. The first-order valence-electron chi connectivity index (χ1n) is 5.97. The topological polar surface area (TPSA) is 82.0 Å². The smallest absolute Gasteiger partial charge is 0.314 e. The van der Waals surface area contributed by atoms with Gasteiger partial charge in [-0.05, 0) is 59.0 Å². The van der Waals surface area contributed by atoms with Crippen molar-refractivity contribution in [2.24, 2.45) is 0 Å². The van der Waals surface area contributed by atoms with Crippen LogP contribution in [0.5, 0.6) is 0 Å². The van der Waals surface area contributed by atoms with Crippen LogP contribution in [0.15, 0.2) is 48.5 Å². The molecular formula is C15H10IN3O2. The van der Waals surface area contributed by atoms with Crippen LogP contribution >= 0.6 is 22.6 Å². The zero-order valence-electron chi connectivity index (χ0n) is 10.8. The van der Waals surface area contributed by atoms with Crippen LogP contribution in [0, 0.1) is 14.9 Å². The Kier molecular flexibility index (Phi) is 4.90. The van der Waals surface area contributed by atoms with Crippen LogP contribution < -0.4 is 10.6 Å². The lowest BCUT2D eigenvalue weighted by molar-refractivity contribution is -0.133. The Morgan fingerprint density at radius 3 is 2.24 bits per heavy atom. The van der Waals surface area contributed by atoms with Gasteiger partial charge in [-0.2, -0.15) is 5.26 Å². The third-order valence-electron chi connectivity index (χ3n) is 2.60. The molecule has 21 heavy (non-hydrogen) atoms. The number of para-hydroxylation sites is 1. The summed E-state index contributed by atoms with van der Waals surface area (Å²) in [6, 6.07) is 15.5. The average molecular weight is 391 g/mol.